The zero-order valence-corrected chi connectivity index (χ0v) is 16.3. The molecule has 2 heterocycles. The number of nitrogens with zero attached hydrogens (tertiary/aromatic N) is 2. The molecule has 0 aliphatic carbocycles. The molecule has 1 N–H and O–H groups in total. The van der Waals surface area contributed by atoms with Crippen molar-refractivity contribution in [2.75, 3.05) is 29.8 Å². The molecule has 0 spiro atoms. The number of benzene rings is 1. The molecule has 2 aromatic rings. The predicted octanol–water partition coefficient (Wildman–Crippen LogP) is 3.33. The SMILES string of the molecule is CN1CCOc2ccc(S(=O)(=O)Nc3c(C(F)(F)F)ccnc3I)cc21. The largest absolute Gasteiger partial charge is 0.490 e. The van der Waals surface area contributed by atoms with Gasteiger partial charge in [-0.3, -0.25) is 4.72 Å². The highest BCUT2D eigenvalue weighted by Gasteiger charge is 2.36. The van der Waals surface area contributed by atoms with Crippen LogP contribution in [0.1, 0.15) is 5.56 Å². The smallest absolute Gasteiger partial charge is 0.418 e. The van der Waals surface area contributed by atoms with Gasteiger partial charge in [0.05, 0.1) is 28.4 Å². The standard InChI is InChI=1S/C15H13F3IN3O3S/c1-22-6-7-25-12-3-2-9(8-11(12)22)26(23,24)21-13-10(15(16,17)18)4-5-20-14(13)19/h2-5,8,21H,6-7H2,1H3. The van der Waals surface area contributed by atoms with E-state index in [1.807, 2.05) is 9.62 Å². The lowest BCUT2D eigenvalue weighted by Gasteiger charge is -2.28. The van der Waals surface area contributed by atoms with Gasteiger partial charge in [-0.1, -0.05) is 0 Å². The molecule has 1 aliphatic rings. The van der Waals surface area contributed by atoms with Crippen molar-refractivity contribution in [2.24, 2.45) is 0 Å². The summed E-state index contributed by atoms with van der Waals surface area (Å²) in [6.07, 6.45) is -3.74. The van der Waals surface area contributed by atoms with Crippen molar-refractivity contribution >= 4 is 44.0 Å². The van der Waals surface area contributed by atoms with Gasteiger partial charge in [-0.05, 0) is 46.9 Å². The first-order valence-electron chi connectivity index (χ1n) is 7.32. The molecule has 1 aromatic heterocycles. The third-order valence-corrected chi connectivity index (χ3v) is 5.95. The van der Waals surface area contributed by atoms with Crippen molar-refractivity contribution in [3.05, 3.63) is 39.7 Å². The number of halogens is 4. The van der Waals surface area contributed by atoms with Gasteiger partial charge in [-0.25, -0.2) is 13.4 Å². The summed E-state index contributed by atoms with van der Waals surface area (Å²) in [4.78, 5) is 5.39. The van der Waals surface area contributed by atoms with Crippen molar-refractivity contribution in [1.82, 2.24) is 4.98 Å². The Morgan fingerprint density at radius 3 is 2.73 bits per heavy atom. The molecule has 0 bridgehead atoms. The molecule has 6 nitrogen and oxygen atoms in total. The molecule has 0 fully saturated rings. The van der Waals surface area contributed by atoms with E-state index >= 15 is 0 Å². The monoisotopic (exact) mass is 499 g/mol. The van der Waals surface area contributed by atoms with Crippen LogP contribution in [0.15, 0.2) is 35.4 Å². The molecule has 0 unspecified atom stereocenters. The average molecular weight is 499 g/mol. The number of pyridine rings is 1. The molecule has 140 valence electrons. The third kappa shape index (κ3) is 3.68. The molecule has 0 atom stereocenters. The topological polar surface area (TPSA) is 71.5 Å². The zero-order valence-electron chi connectivity index (χ0n) is 13.3. The highest BCUT2D eigenvalue weighted by molar-refractivity contribution is 14.1. The highest BCUT2D eigenvalue weighted by atomic mass is 127. The Morgan fingerprint density at radius 2 is 2.04 bits per heavy atom. The maximum Gasteiger partial charge on any atom is 0.418 e. The van der Waals surface area contributed by atoms with Crippen LogP contribution in [-0.4, -0.2) is 33.6 Å². The number of ether oxygens (including phenoxy) is 1. The second-order valence-corrected chi connectivity index (χ2v) is 8.23. The minimum absolute atomic E-state index is 0.0978. The fourth-order valence-electron chi connectivity index (χ4n) is 2.46. The number of fused-ring (bicyclic) bond motifs is 1. The summed E-state index contributed by atoms with van der Waals surface area (Å²) in [5, 5.41) is 0. The van der Waals surface area contributed by atoms with Gasteiger partial charge in [0, 0.05) is 13.2 Å². The van der Waals surface area contributed by atoms with Crippen molar-refractivity contribution in [2.45, 2.75) is 11.1 Å². The van der Waals surface area contributed by atoms with E-state index in [0.717, 1.165) is 12.3 Å². The first kappa shape index (κ1) is 19.0. The van der Waals surface area contributed by atoms with Gasteiger partial charge in [-0.2, -0.15) is 13.2 Å². The summed E-state index contributed by atoms with van der Waals surface area (Å²) in [5.74, 6) is 0.518. The molecule has 1 aliphatic heterocycles. The van der Waals surface area contributed by atoms with Crippen molar-refractivity contribution < 1.29 is 26.3 Å². The molecule has 11 heteroatoms. The van der Waals surface area contributed by atoms with Crippen molar-refractivity contribution in [3.8, 4) is 5.75 Å². The third-order valence-electron chi connectivity index (χ3n) is 3.78. The van der Waals surface area contributed by atoms with E-state index in [2.05, 4.69) is 4.98 Å². The number of nitrogens with one attached hydrogen (secondary N) is 1. The van der Waals surface area contributed by atoms with Crippen LogP contribution in [0.5, 0.6) is 5.75 Å². The van der Waals surface area contributed by atoms with E-state index in [-0.39, 0.29) is 8.60 Å². The fraction of sp³-hybridized carbons (Fsp3) is 0.267. The highest BCUT2D eigenvalue weighted by Crippen LogP contribution is 2.38. The second kappa shape index (κ2) is 6.76. The van der Waals surface area contributed by atoms with E-state index in [1.54, 1.807) is 29.6 Å². The predicted molar refractivity (Wildman–Crippen MR) is 98.0 cm³/mol. The van der Waals surface area contributed by atoms with Gasteiger partial charge in [0.25, 0.3) is 10.0 Å². The maximum absolute atomic E-state index is 13.2. The Morgan fingerprint density at radius 1 is 1.31 bits per heavy atom. The van der Waals surface area contributed by atoms with E-state index in [9.17, 15) is 21.6 Å². The Hall–Kier alpha value is -1.76. The zero-order chi connectivity index (χ0) is 19.1. The van der Waals surface area contributed by atoms with E-state index < -0.39 is 27.5 Å². The van der Waals surface area contributed by atoms with Crippen LogP contribution in [0.25, 0.3) is 0 Å². The number of rotatable bonds is 3. The molecule has 0 amide bonds. The number of alkyl halides is 3. The van der Waals surface area contributed by atoms with Crippen LogP contribution in [-0.2, 0) is 16.2 Å². The summed E-state index contributed by atoms with van der Waals surface area (Å²) >= 11 is 1.56. The van der Waals surface area contributed by atoms with Crippen LogP contribution in [0.4, 0.5) is 24.5 Å². The molecule has 0 radical (unpaired) electrons. The molecule has 3 rings (SSSR count). The first-order chi connectivity index (χ1) is 12.1. The van der Waals surface area contributed by atoms with Gasteiger partial charge < -0.3 is 9.64 Å². The normalized spacial score (nSPS) is 14.6. The Kier molecular flexibility index (Phi) is 4.94. The van der Waals surface area contributed by atoms with E-state index in [4.69, 9.17) is 4.74 Å². The van der Waals surface area contributed by atoms with E-state index in [1.165, 1.54) is 18.2 Å². The summed E-state index contributed by atoms with van der Waals surface area (Å²) in [7, 11) is -2.48. The Labute approximate surface area is 161 Å². The summed E-state index contributed by atoms with van der Waals surface area (Å²) in [5.41, 5.74) is -1.14. The Balaban J connectivity index is 2.03. The number of anilines is 2. The second-order valence-electron chi connectivity index (χ2n) is 5.53. The molecule has 0 saturated heterocycles. The number of aromatic nitrogens is 1. The Bertz CT molecular complexity index is 951. The molecule has 1 aromatic carbocycles. The molecular weight excluding hydrogens is 486 g/mol. The van der Waals surface area contributed by atoms with E-state index in [0.29, 0.717) is 24.6 Å². The number of likely N-dealkylation sites (N-methyl/N-ethyl adjacent to an activating group) is 1. The van der Waals surface area contributed by atoms with Gasteiger partial charge in [0.2, 0.25) is 0 Å². The quantitative estimate of drug-likeness (QED) is 0.519. The van der Waals surface area contributed by atoms with Gasteiger partial charge in [0.15, 0.2) is 0 Å². The molecule has 0 saturated carbocycles. The average Bonchev–Trinajstić information content (AvgIpc) is 2.55. The number of hydrogen-bond acceptors (Lipinski definition) is 5. The summed E-state index contributed by atoms with van der Waals surface area (Å²) in [6.45, 7) is 1.04. The lowest BCUT2D eigenvalue weighted by molar-refractivity contribution is -0.137. The number of sulfonamides is 1. The van der Waals surface area contributed by atoms with Crippen LogP contribution in [0.2, 0.25) is 0 Å². The van der Waals surface area contributed by atoms with Crippen molar-refractivity contribution in [1.29, 1.82) is 0 Å². The molecular formula is C15H13F3IN3O3S. The van der Waals surface area contributed by atoms with Crippen LogP contribution in [0, 0.1) is 3.70 Å². The molecule has 26 heavy (non-hydrogen) atoms. The van der Waals surface area contributed by atoms with Gasteiger partial charge in [-0.15, -0.1) is 0 Å². The summed E-state index contributed by atoms with van der Waals surface area (Å²) in [6, 6.07) is 4.87. The first-order valence-corrected chi connectivity index (χ1v) is 9.88. The maximum atomic E-state index is 13.2. The summed E-state index contributed by atoms with van der Waals surface area (Å²) < 4.78 is 72.3. The lowest BCUT2D eigenvalue weighted by atomic mass is 10.2. The van der Waals surface area contributed by atoms with Crippen LogP contribution in [0.3, 0.4) is 0 Å². The van der Waals surface area contributed by atoms with Gasteiger partial charge in [0.1, 0.15) is 16.1 Å². The van der Waals surface area contributed by atoms with Crippen LogP contribution >= 0.6 is 22.6 Å². The van der Waals surface area contributed by atoms with Crippen molar-refractivity contribution in [3.63, 3.8) is 0 Å². The van der Waals surface area contributed by atoms with Gasteiger partial charge >= 0.3 is 6.18 Å². The lowest BCUT2D eigenvalue weighted by Crippen LogP contribution is -2.29. The minimum Gasteiger partial charge on any atom is -0.490 e. The van der Waals surface area contributed by atoms with Crippen LogP contribution < -0.4 is 14.4 Å². The number of hydrogen-bond donors (Lipinski definition) is 1. The minimum atomic E-state index is -4.72. The fourth-order valence-corrected chi connectivity index (χ4v) is 4.34.